The normalized spacial score (nSPS) is 38.7. The van der Waals surface area contributed by atoms with Gasteiger partial charge in [0.05, 0.1) is 13.2 Å². The van der Waals surface area contributed by atoms with Crippen LogP contribution in [0.5, 0.6) is 0 Å². The lowest BCUT2D eigenvalue weighted by molar-refractivity contribution is -0.340. The predicted octanol–water partition coefficient (Wildman–Crippen LogP) is 8.65. The van der Waals surface area contributed by atoms with Crippen molar-refractivity contribution < 1.29 is 63.6 Å². The molecule has 4 aliphatic rings. The van der Waals surface area contributed by atoms with Crippen molar-refractivity contribution in [3.8, 4) is 0 Å². The van der Waals surface area contributed by atoms with Gasteiger partial charge in [-0.25, -0.2) is 13.6 Å². The highest BCUT2D eigenvalue weighted by Gasteiger charge is 2.75. The van der Waals surface area contributed by atoms with Crippen molar-refractivity contribution in [3.63, 3.8) is 0 Å². The number of carbonyl (C=O) groups excluding carboxylic acids is 1. The van der Waals surface area contributed by atoms with Crippen molar-refractivity contribution in [2.75, 3.05) is 33.7 Å². The zero-order chi connectivity index (χ0) is 36.9. The first-order chi connectivity index (χ1) is 21.7. The number of ether oxygens (including phenoxy) is 5. The molecular formula is C34H54F8O6. The van der Waals surface area contributed by atoms with Gasteiger partial charge < -0.3 is 23.7 Å². The minimum absolute atomic E-state index is 0.0142. The average Bonchev–Trinajstić information content (AvgIpc) is 3.65. The fraction of sp³-hybridized carbons (Fsp3) is 0.971. The zero-order valence-electron chi connectivity index (χ0n) is 29.7. The Bertz CT molecular complexity index is 1110. The molecule has 12 unspecified atom stereocenters. The fourth-order valence-electron chi connectivity index (χ4n) is 8.82. The first-order valence-electron chi connectivity index (χ1n) is 16.8. The molecule has 4 aliphatic carbocycles. The molecule has 0 aliphatic heterocycles. The molecule has 0 radical (unpaired) electrons. The van der Waals surface area contributed by atoms with Crippen molar-refractivity contribution in [2.45, 2.75) is 128 Å². The van der Waals surface area contributed by atoms with Crippen LogP contribution in [0.15, 0.2) is 0 Å². The molecule has 14 heteroatoms. The number of hydrogen-bond acceptors (Lipinski definition) is 6. The fourth-order valence-corrected chi connectivity index (χ4v) is 8.82. The van der Waals surface area contributed by atoms with Crippen LogP contribution < -0.4 is 0 Å². The lowest BCUT2D eigenvalue weighted by Crippen LogP contribution is -2.64. The summed E-state index contributed by atoms with van der Waals surface area (Å²) in [5.74, 6) is -2.19. The van der Waals surface area contributed by atoms with E-state index in [4.69, 9.17) is 23.7 Å². The third-order valence-corrected chi connectivity index (χ3v) is 12.3. The number of halogens is 8. The van der Waals surface area contributed by atoms with Crippen LogP contribution in [-0.4, -0.2) is 80.2 Å². The second-order valence-electron chi connectivity index (χ2n) is 15.9. The van der Waals surface area contributed by atoms with E-state index in [-0.39, 0.29) is 61.6 Å². The minimum Gasteiger partial charge on any atom is -0.458 e. The smallest absolute Gasteiger partial charge is 0.420 e. The molecule has 0 aromatic carbocycles. The Labute approximate surface area is 279 Å². The molecule has 6 nitrogen and oxygen atoms in total. The molecule has 282 valence electrons. The third-order valence-electron chi connectivity index (χ3n) is 12.3. The van der Waals surface area contributed by atoms with Gasteiger partial charge in [-0.2, -0.15) is 26.3 Å². The van der Waals surface area contributed by atoms with Gasteiger partial charge >= 0.3 is 18.3 Å². The van der Waals surface area contributed by atoms with E-state index < -0.39 is 71.7 Å². The maximum atomic E-state index is 15.8. The number of carbonyl (C=O) groups is 1. The van der Waals surface area contributed by atoms with Gasteiger partial charge in [0.1, 0.15) is 19.0 Å². The molecule has 0 aromatic rings. The van der Waals surface area contributed by atoms with E-state index in [1.54, 1.807) is 27.7 Å². The van der Waals surface area contributed by atoms with Gasteiger partial charge in [0, 0.05) is 7.11 Å². The van der Waals surface area contributed by atoms with Gasteiger partial charge in [0.15, 0.2) is 22.5 Å². The molecule has 12 atom stereocenters. The Morgan fingerprint density at radius 3 is 1.44 bits per heavy atom. The molecule has 0 aromatic heterocycles. The van der Waals surface area contributed by atoms with Crippen molar-refractivity contribution in [1.29, 1.82) is 0 Å². The van der Waals surface area contributed by atoms with Gasteiger partial charge in [-0.05, 0) is 108 Å². The monoisotopic (exact) mass is 710 g/mol. The maximum Gasteiger partial charge on any atom is 0.420 e. The number of alkyl halides is 8. The van der Waals surface area contributed by atoms with Gasteiger partial charge in [-0.1, -0.05) is 27.7 Å². The second kappa shape index (κ2) is 14.1. The SMILES string of the molecule is CC1C2CC(C1C)C(F)(C(C)(OCC(=O)OC(C)(C)C)C(F)(F)F)C2.COCCOCOC(C)(C(F)(F)F)C1(F)CC2CC1C(C)C2C. The van der Waals surface area contributed by atoms with Gasteiger partial charge in [-0.15, -0.1) is 0 Å². The largest absolute Gasteiger partial charge is 0.458 e. The highest BCUT2D eigenvalue weighted by atomic mass is 19.4. The number of rotatable bonds is 11. The summed E-state index contributed by atoms with van der Waals surface area (Å²) in [5.41, 5.74) is -11.7. The van der Waals surface area contributed by atoms with Crippen LogP contribution in [0.3, 0.4) is 0 Å². The van der Waals surface area contributed by atoms with Crippen LogP contribution in [0.4, 0.5) is 35.1 Å². The van der Waals surface area contributed by atoms with E-state index in [2.05, 4.69) is 0 Å². The van der Waals surface area contributed by atoms with Crippen molar-refractivity contribution in [1.82, 2.24) is 0 Å². The van der Waals surface area contributed by atoms with Crippen molar-refractivity contribution >= 4 is 5.97 Å². The van der Waals surface area contributed by atoms with E-state index in [1.165, 1.54) is 7.11 Å². The van der Waals surface area contributed by atoms with Crippen LogP contribution in [-0.2, 0) is 28.5 Å². The Balaban J connectivity index is 0.000000261. The van der Waals surface area contributed by atoms with Gasteiger partial charge in [-0.3, -0.25) is 0 Å². The summed E-state index contributed by atoms with van der Waals surface area (Å²) in [5, 5.41) is 0. The number of hydrogen-bond donors (Lipinski definition) is 0. The molecule has 0 saturated heterocycles. The summed E-state index contributed by atoms with van der Waals surface area (Å²) in [6.07, 6.45) is -9.10. The summed E-state index contributed by atoms with van der Waals surface area (Å²) in [6, 6.07) is 0. The number of methoxy groups -OCH3 is 1. The topological polar surface area (TPSA) is 63.2 Å². The number of esters is 1. The first-order valence-corrected chi connectivity index (χ1v) is 16.8. The summed E-state index contributed by atoms with van der Waals surface area (Å²) < 4.78 is 139. The highest BCUT2D eigenvalue weighted by molar-refractivity contribution is 5.71. The molecule has 4 bridgehead atoms. The quantitative estimate of drug-likeness (QED) is 0.0927. The molecule has 0 spiro atoms. The Hall–Kier alpha value is -1.25. The van der Waals surface area contributed by atoms with Crippen LogP contribution in [0, 0.1) is 47.3 Å². The average molecular weight is 711 g/mol. The van der Waals surface area contributed by atoms with Crippen LogP contribution in [0.1, 0.15) is 88.0 Å². The molecule has 4 fully saturated rings. The Morgan fingerprint density at radius 2 is 1.10 bits per heavy atom. The standard InChI is InChI=1S/C18H28F4O3.C16H26F4O3/c1-10-11(2)13-7-12(10)8-17(13,19)16(6,18(20,21)22)24-9-14(23)25-15(3,4)5;1-10-11(2)13-7-12(10)8-15(13,17)14(3,16(18,19)20)23-9-22-6-5-21-4/h10-13H,7-9H2,1-6H3;10-13H,5-9H2,1-4H3. The maximum absolute atomic E-state index is 15.8. The van der Waals surface area contributed by atoms with E-state index in [0.29, 0.717) is 12.8 Å². The first kappa shape index (κ1) is 41.2. The van der Waals surface area contributed by atoms with Crippen LogP contribution >= 0.6 is 0 Å². The predicted molar refractivity (Wildman–Crippen MR) is 161 cm³/mol. The third kappa shape index (κ3) is 7.38. The summed E-state index contributed by atoms with van der Waals surface area (Å²) in [4.78, 5) is 11.8. The van der Waals surface area contributed by atoms with Crippen LogP contribution in [0.25, 0.3) is 0 Å². The lowest BCUT2D eigenvalue weighted by atomic mass is 9.67. The molecule has 4 rings (SSSR count). The summed E-state index contributed by atoms with van der Waals surface area (Å²) in [7, 11) is 1.46. The molecular weight excluding hydrogens is 656 g/mol. The summed E-state index contributed by atoms with van der Waals surface area (Å²) in [6.45, 7) is 12.8. The van der Waals surface area contributed by atoms with E-state index in [1.807, 2.05) is 20.8 Å². The Morgan fingerprint density at radius 1 is 0.688 bits per heavy atom. The molecule has 4 saturated carbocycles. The lowest BCUT2D eigenvalue weighted by Gasteiger charge is -2.48. The second-order valence-corrected chi connectivity index (χ2v) is 15.9. The van der Waals surface area contributed by atoms with E-state index in [0.717, 1.165) is 13.8 Å². The zero-order valence-corrected chi connectivity index (χ0v) is 29.7. The molecule has 48 heavy (non-hydrogen) atoms. The van der Waals surface area contributed by atoms with Crippen molar-refractivity contribution in [3.05, 3.63) is 0 Å². The molecule has 0 amide bonds. The van der Waals surface area contributed by atoms with Gasteiger partial charge in [0.25, 0.3) is 0 Å². The van der Waals surface area contributed by atoms with Gasteiger partial charge in [0.2, 0.25) is 0 Å². The van der Waals surface area contributed by atoms with Crippen LogP contribution in [0.2, 0.25) is 0 Å². The minimum atomic E-state index is -4.93. The number of fused-ring (bicyclic) bond motifs is 4. The molecule has 0 N–H and O–H groups in total. The summed E-state index contributed by atoms with van der Waals surface area (Å²) >= 11 is 0. The molecule has 0 heterocycles. The van der Waals surface area contributed by atoms with E-state index >= 15 is 8.78 Å². The Kier molecular flexibility index (Phi) is 12.1. The van der Waals surface area contributed by atoms with Crippen molar-refractivity contribution in [2.24, 2.45) is 47.3 Å². The highest BCUT2D eigenvalue weighted by Crippen LogP contribution is 2.66. The van der Waals surface area contributed by atoms with E-state index in [9.17, 15) is 31.1 Å².